The number of benzene rings is 1. The van der Waals surface area contributed by atoms with Crippen molar-refractivity contribution in [2.75, 3.05) is 19.7 Å². The molecule has 0 spiro atoms. The summed E-state index contributed by atoms with van der Waals surface area (Å²) < 4.78 is 31.3. The third-order valence-electron chi connectivity index (χ3n) is 4.67. The molecule has 3 rings (SSSR count). The molecule has 0 bridgehead atoms. The zero-order valence-corrected chi connectivity index (χ0v) is 15.9. The Hall–Kier alpha value is -2.19. The van der Waals surface area contributed by atoms with E-state index in [4.69, 9.17) is 4.74 Å². The molecule has 2 fully saturated rings. The molecular formula is C19H24N2O5S. The molecule has 146 valence electrons. The predicted octanol–water partition coefficient (Wildman–Crippen LogP) is 1.52. The van der Waals surface area contributed by atoms with Crippen molar-refractivity contribution in [3.63, 3.8) is 0 Å². The van der Waals surface area contributed by atoms with Gasteiger partial charge in [-0.1, -0.05) is 30.3 Å². The largest absolute Gasteiger partial charge is 0.455 e. The van der Waals surface area contributed by atoms with E-state index >= 15 is 0 Å². The van der Waals surface area contributed by atoms with Crippen LogP contribution in [0, 0.1) is 5.92 Å². The summed E-state index contributed by atoms with van der Waals surface area (Å²) in [7, 11) is -3.53. The second-order valence-electron chi connectivity index (χ2n) is 6.88. The van der Waals surface area contributed by atoms with Crippen molar-refractivity contribution >= 4 is 28.0 Å². The van der Waals surface area contributed by atoms with Gasteiger partial charge in [0, 0.05) is 24.5 Å². The second-order valence-corrected chi connectivity index (χ2v) is 8.70. The molecule has 2 aliphatic rings. The quantitative estimate of drug-likeness (QED) is 0.710. The van der Waals surface area contributed by atoms with Crippen molar-refractivity contribution in [3.8, 4) is 0 Å². The van der Waals surface area contributed by atoms with E-state index in [1.54, 1.807) is 6.08 Å². The van der Waals surface area contributed by atoms with E-state index in [9.17, 15) is 18.0 Å². The number of ether oxygens (including phenoxy) is 1. The fourth-order valence-corrected chi connectivity index (χ4v) is 4.13. The Morgan fingerprint density at radius 2 is 1.78 bits per heavy atom. The number of amides is 1. The van der Waals surface area contributed by atoms with Crippen LogP contribution in [-0.4, -0.2) is 50.3 Å². The topological polar surface area (TPSA) is 92.8 Å². The molecule has 8 heteroatoms. The summed E-state index contributed by atoms with van der Waals surface area (Å²) >= 11 is 0. The number of esters is 1. The van der Waals surface area contributed by atoms with Crippen LogP contribution in [0.1, 0.15) is 31.2 Å². The standard InChI is InChI=1S/C19H24N2O5S/c22-18(20-17-6-7-17)14-26-19(23)16-8-11-21(12-9-16)27(24,25)13-10-15-4-2-1-3-5-15/h1-5,10,13,16-17H,6-9,11-12,14H2,(H,20,22)/b13-10+. The van der Waals surface area contributed by atoms with Gasteiger partial charge in [0.2, 0.25) is 10.0 Å². The van der Waals surface area contributed by atoms with Crippen LogP contribution in [0.2, 0.25) is 0 Å². The maximum atomic E-state index is 12.4. The smallest absolute Gasteiger partial charge is 0.309 e. The number of hydrogen-bond donors (Lipinski definition) is 1. The number of sulfonamides is 1. The lowest BCUT2D eigenvalue weighted by Gasteiger charge is -2.29. The molecule has 1 saturated heterocycles. The Labute approximate surface area is 159 Å². The molecule has 27 heavy (non-hydrogen) atoms. The van der Waals surface area contributed by atoms with Crippen molar-refractivity contribution in [2.24, 2.45) is 5.92 Å². The van der Waals surface area contributed by atoms with Gasteiger partial charge in [-0.3, -0.25) is 9.59 Å². The zero-order chi connectivity index (χ0) is 19.3. The van der Waals surface area contributed by atoms with Crippen molar-refractivity contribution < 1.29 is 22.7 Å². The number of rotatable bonds is 7. The van der Waals surface area contributed by atoms with E-state index in [1.807, 2.05) is 30.3 Å². The Bertz CT molecular complexity index is 795. The molecule has 1 heterocycles. The third-order valence-corrected chi connectivity index (χ3v) is 6.23. The highest BCUT2D eigenvalue weighted by atomic mass is 32.2. The summed E-state index contributed by atoms with van der Waals surface area (Å²) in [6.45, 7) is 0.249. The van der Waals surface area contributed by atoms with E-state index in [2.05, 4.69) is 5.32 Å². The first kappa shape index (κ1) is 19.6. The van der Waals surface area contributed by atoms with E-state index < -0.39 is 16.0 Å². The minimum absolute atomic E-state index is 0.230. The summed E-state index contributed by atoms with van der Waals surface area (Å²) in [6.07, 6.45) is 4.30. The molecule has 1 N–H and O–H groups in total. The minimum Gasteiger partial charge on any atom is -0.455 e. The average molecular weight is 392 g/mol. The first-order chi connectivity index (χ1) is 12.9. The molecule has 1 amide bonds. The van der Waals surface area contributed by atoms with E-state index in [0.29, 0.717) is 12.8 Å². The number of carbonyl (C=O) groups excluding carboxylic acids is 2. The van der Waals surface area contributed by atoms with Gasteiger partial charge >= 0.3 is 5.97 Å². The van der Waals surface area contributed by atoms with Crippen LogP contribution in [0.15, 0.2) is 35.7 Å². The molecule has 1 saturated carbocycles. The van der Waals surface area contributed by atoms with Crippen LogP contribution in [-0.2, 0) is 24.3 Å². The fourth-order valence-electron chi connectivity index (χ4n) is 2.91. The van der Waals surface area contributed by atoms with Crippen LogP contribution in [0.3, 0.4) is 0 Å². The molecule has 1 aromatic rings. The van der Waals surface area contributed by atoms with Gasteiger partial charge in [0.05, 0.1) is 5.92 Å². The van der Waals surface area contributed by atoms with Gasteiger partial charge in [-0.25, -0.2) is 8.42 Å². The monoisotopic (exact) mass is 392 g/mol. The van der Waals surface area contributed by atoms with Gasteiger partial charge in [0.1, 0.15) is 0 Å². The van der Waals surface area contributed by atoms with Gasteiger partial charge in [0.15, 0.2) is 6.61 Å². The predicted molar refractivity (Wildman–Crippen MR) is 101 cm³/mol. The third kappa shape index (κ3) is 5.90. The SMILES string of the molecule is O=C(COC(=O)C1CCN(S(=O)(=O)/C=C/c2ccccc2)CC1)NC1CC1. The lowest BCUT2D eigenvalue weighted by atomic mass is 9.98. The van der Waals surface area contributed by atoms with Gasteiger partial charge in [-0.15, -0.1) is 0 Å². The summed E-state index contributed by atoms with van der Waals surface area (Å²) in [5, 5.41) is 3.95. The Kier molecular flexibility index (Phi) is 6.28. The van der Waals surface area contributed by atoms with Gasteiger partial charge < -0.3 is 10.1 Å². The van der Waals surface area contributed by atoms with Crippen molar-refractivity contribution in [1.82, 2.24) is 9.62 Å². The average Bonchev–Trinajstić information content (AvgIpc) is 3.49. The number of nitrogens with one attached hydrogen (secondary N) is 1. The number of piperidine rings is 1. The van der Waals surface area contributed by atoms with Crippen molar-refractivity contribution in [3.05, 3.63) is 41.3 Å². The van der Waals surface area contributed by atoms with Crippen LogP contribution in [0.4, 0.5) is 0 Å². The number of hydrogen-bond acceptors (Lipinski definition) is 5. The summed E-state index contributed by atoms with van der Waals surface area (Å²) in [5.74, 6) is -1.09. The van der Waals surface area contributed by atoms with E-state index in [-0.39, 0.29) is 37.6 Å². The van der Waals surface area contributed by atoms with Crippen LogP contribution < -0.4 is 5.32 Å². The lowest BCUT2D eigenvalue weighted by molar-refractivity contribution is -0.153. The van der Waals surface area contributed by atoms with Crippen LogP contribution >= 0.6 is 0 Å². The van der Waals surface area contributed by atoms with Gasteiger partial charge in [-0.2, -0.15) is 4.31 Å². The molecule has 0 aromatic heterocycles. The van der Waals surface area contributed by atoms with Gasteiger partial charge in [0.25, 0.3) is 5.91 Å². The molecule has 0 unspecified atom stereocenters. The normalized spacial score (nSPS) is 19.1. The molecule has 7 nitrogen and oxygen atoms in total. The number of nitrogens with zero attached hydrogens (tertiary/aromatic N) is 1. The Morgan fingerprint density at radius 1 is 1.11 bits per heavy atom. The summed E-state index contributed by atoms with van der Waals surface area (Å²) in [5.41, 5.74) is 0.809. The fraction of sp³-hybridized carbons (Fsp3) is 0.474. The Morgan fingerprint density at radius 3 is 2.41 bits per heavy atom. The number of carbonyl (C=O) groups is 2. The van der Waals surface area contributed by atoms with E-state index in [1.165, 1.54) is 9.71 Å². The molecule has 1 aliphatic carbocycles. The van der Waals surface area contributed by atoms with Gasteiger partial charge in [-0.05, 0) is 37.3 Å². The lowest BCUT2D eigenvalue weighted by Crippen LogP contribution is -2.40. The van der Waals surface area contributed by atoms with Crippen molar-refractivity contribution in [1.29, 1.82) is 0 Å². The molecule has 0 atom stereocenters. The first-order valence-corrected chi connectivity index (χ1v) is 10.6. The van der Waals surface area contributed by atoms with Crippen LogP contribution in [0.25, 0.3) is 6.08 Å². The molecular weight excluding hydrogens is 368 g/mol. The highest BCUT2D eigenvalue weighted by Gasteiger charge is 2.31. The molecule has 1 aliphatic heterocycles. The highest BCUT2D eigenvalue weighted by Crippen LogP contribution is 2.22. The molecule has 0 radical (unpaired) electrons. The van der Waals surface area contributed by atoms with E-state index in [0.717, 1.165) is 18.4 Å². The summed E-state index contributed by atoms with van der Waals surface area (Å²) in [4.78, 5) is 23.7. The highest BCUT2D eigenvalue weighted by molar-refractivity contribution is 7.92. The minimum atomic E-state index is -3.53. The maximum absolute atomic E-state index is 12.4. The zero-order valence-electron chi connectivity index (χ0n) is 15.0. The molecule has 1 aromatic carbocycles. The second kappa shape index (κ2) is 8.67. The van der Waals surface area contributed by atoms with Crippen LogP contribution in [0.5, 0.6) is 0 Å². The van der Waals surface area contributed by atoms with Crippen molar-refractivity contribution in [2.45, 2.75) is 31.7 Å². The Balaban J connectivity index is 1.45. The maximum Gasteiger partial charge on any atom is 0.309 e. The summed E-state index contributed by atoms with van der Waals surface area (Å²) in [6, 6.07) is 9.43. The first-order valence-electron chi connectivity index (χ1n) is 9.13.